The number of nitrogens with zero attached hydrogens (tertiary/aromatic N) is 3. The molecule has 0 saturated heterocycles. The Morgan fingerprint density at radius 1 is 1.04 bits per heavy atom. The van der Waals surface area contributed by atoms with Gasteiger partial charge in [0.25, 0.3) is 0 Å². The summed E-state index contributed by atoms with van der Waals surface area (Å²) < 4.78 is 0. The Balaban J connectivity index is 2.21. The van der Waals surface area contributed by atoms with Gasteiger partial charge in [0, 0.05) is 30.5 Å². The molecule has 4 nitrogen and oxygen atoms in total. The number of nitrogens with one attached hydrogen (secondary N) is 1. The fourth-order valence-corrected chi connectivity index (χ4v) is 2.59. The maximum atomic E-state index is 4.71. The van der Waals surface area contributed by atoms with Crippen molar-refractivity contribution >= 4 is 17.5 Å². The number of hydrogen-bond donors (Lipinski definition) is 1. The summed E-state index contributed by atoms with van der Waals surface area (Å²) >= 11 is 0. The second kappa shape index (κ2) is 8.51. The number of hydrogen-bond acceptors (Lipinski definition) is 4. The van der Waals surface area contributed by atoms with Crippen LogP contribution in [0.3, 0.4) is 0 Å². The van der Waals surface area contributed by atoms with Gasteiger partial charge in [-0.1, -0.05) is 31.9 Å². The maximum absolute atomic E-state index is 4.71. The molecule has 124 valence electrons. The molecule has 0 atom stereocenters. The van der Waals surface area contributed by atoms with Gasteiger partial charge >= 0.3 is 0 Å². The Kier molecular flexibility index (Phi) is 6.39. The zero-order valence-electron chi connectivity index (χ0n) is 14.8. The highest BCUT2D eigenvalue weighted by atomic mass is 15.3. The third-order valence-corrected chi connectivity index (χ3v) is 3.80. The summed E-state index contributed by atoms with van der Waals surface area (Å²) in [6, 6.07) is 10.5. The molecular formula is C19H28N4. The van der Waals surface area contributed by atoms with Crippen LogP contribution in [0.4, 0.5) is 17.5 Å². The number of rotatable bonds is 8. The highest BCUT2D eigenvalue weighted by Gasteiger charge is 2.12. The van der Waals surface area contributed by atoms with Crippen molar-refractivity contribution in [3.8, 4) is 0 Å². The summed E-state index contributed by atoms with van der Waals surface area (Å²) in [6.07, 6.45) is 3.64. The van der Waals surface area contributed by atoms with Crippen LogP contribution in [0.1, 0.15) is 44.4 Å². The number of aromatic nitrogens is 2. The quantitative estimate of drug-likeness (QED) is 0.707. The van der Waals surface area contributed by atoms with Crippen molar-refractivity contribution < 1.29 is 0 Å². The van der Waals surface area contributed by atoms with E-state index in [1.165, 1.54) is 24.8 Å². The molecule has 0 saturated carbocycles. The molecule has 0 spiro atoms. The second-order valence-corrected chi connectivity index (χ2v) is 5.91. The number of aryl methyl sites for hydroxylation is 2. The first-order valence-corrected chi connectivity index (χ1v) is 8.57. The Morgan fingerprint density at radius 3 is 2.57 bits per heavy atom. The molecule has 0 aliphatic rings. The highest BCUT2D eigenvalue weighted by molar-refractivity contribution is 5.59. The molecule has 0 bridgehead atoms. The lowest BCUT2D eigenvalue weighted by Gasteiger charge is -2.22. The van der Waals surface area contributed by atoms with E-state index < -0.39 is 0 Å². The fourth-order valence-electron chi connectivity index (χ4n) is 2.59. The highest BCUT2D eigenvalue weighted by Crippen LogP contribution is 2.24. The van der Waals surface area contributed by atoms with Crippen molar-refractivity contribution in [2.75, 3.05) is 23.3 Å². The van der Waals surface area contributed by atoms with E-state index in [1.807, 2.05) is 13.0 Å². The summed E-state index contributed by atoms with van der Waals surface area (Å²) in [7, 11) is 0. The molecule has 1 aromatic heterocycles. The monoisotopic (exact) mass is 312 g/mol. The van der Waals surface area contributed by atoms with E-state index in [0.29, 0.717) is 0 Å². The molecule has 2 rings (SSSR count). The van der Waals surface area contributed by atoms with Crippen molar-refractivity contribution in [1.29, 1.82) is 0 Å². The normalized spacial score (nSPS) is 10.6. The van der Waals surface area contributed by atoms with Gasteiger partial charge in [-0.25, -0.2) is 4.98 Å². The zero-order valence-corrected chi connectivity index (χ0v) is 14.8. The van der Waals surface area contributed by atoms with Crippen LogP contribution in [0.5, 0.6) is 0 Å². The minimum absolute atomic E-state index is 0.760. The van der Waals surface area contributed by atoms with Gasteiger partial charge in [0.1, 0.15) is 5.82 Å². The molecule has 0 radical (unpaired) electrons. The lowest BCUT2D eigenvalue weighted by Crippen LogP contribution is -2.20. The van der Waals surface area contributed by atoms with E-state index in [-0.39, 0.29) is 0 Å². The fraction of sp³-hybridized carbons (Fsp3) is 0.474. The molecule has 4 heteroatoms. The summed E-state index contributed by atoms with van der Waals surface area (Å²) in [5.74, 6) is 1.67. The number of unbranched alkanes of at least 4 members (excludes halogenated alkanes) is 2. The van der Waals surface area contributed by atoms with Gasteiger partial charge in [-0.3, -0.25) is 0 Å². The van der Waals surface area contributed by atoms with Crippen molar-refractivity contribution in [1.82, 2.24) is 9.97 Å². The van der Waals surface area contributed by atoms with Crippen molar-refractivity contribution in [2.24, 2.45) is 0 Å². The Labute approximate surface area is 140 Å². The van der Waals surface area contributed by atoms with Crippen LogP contribution in [0.2, 0.25) is 0 Å². The first kappa shape index (κ1) is 17.3. The molecule has 0 aliphatic heterocycles. The number of anilines is 3. The maximum Gasteiger partial charge on any atom is 0.232 e. The third kappa shape index (κ3) is 4.95. The molecule has 0 unspecified atom stereocenters. The van der Waals surface area contributed by atoms with E-state index in [9.17, 15) is 0 Å². The third-order valence-electron chi connectivity index (χ3n) is 3.80. The van der Waals surface area contributed by atoms with Gasteiger partial charge < -0.3 is 10.2 Å². The smallest absolute Gasteiger partial charge is 0.232 e. The van der Waals surface area contributed by atoms with Crippen LogP contribution in [0.25, 0.3) is 0 Å². The molecule has 1 aromatic carbocycles. The minimum atomic E-state index is 0.760. The van der Waals surface area contributed by atoms with Crippen LogP contribution in [-0.2, 0) is 0 Å². The standard InChI is InChI=1S/C19H28N4/c1-5-7-8-12-20-18-14-16(4)21-19(22-18)23(6-2)17-11-9-10-15(3)13-17/h9-11,13-14H,5-8,12H2,1-4H3,(H,20,21,22). The summed E-state index contributed by atoms with van der Waals surface area (Å²) in [5, 5.41) is 3.42. The molecule has 1 heterocycles. The van der Waals surface area contributed by atoms with Crippen molar-refractivity contribution in [3.63, 3.8) is 0 Å². The van der Waals surface area contributed by atoms with Gasteiger partial charge in [0.05, 0.1) is 0 Å². The van der Waals surface area contributed by atoms with Crippen molar-refractivity contribution in [2.45, 2.75) is 47.0 Å². The van der Waals surface area contributed by atoms with E-state index in [0.717, 1.165) is 36.2 Å². The van der Waals surface area contributed by atoms with Crippen LogP contribution < -0.4 is 10.2 Å². The molecule has 23 heavy (non-hydrogen) atoms. The average Bonchev–Trinajstić information content (AvgIpc) is 2.52. The van der Waals surface area contributed by atoms with Gasteiger partial charge in [-0.05, 0) is 44.9 Å². The predicted molar refractivity (Wildman–Crippen MR) is 98.6 cm³/mol. The van der Waals surface area contributed by atoms with Crippen LogP contribution in [0, 0.1) is 13.8 Å². The second-order valence-electron chi connectivity index (χ2n) is 5.91. The van der Waals surface area contributed by atoms with E-state index in [4.69, 9.17) is 4.98 Å². The average molecular weight is 312 g/mol. The Hall–Kier alpha value is -2.10. The molecular weight excluding hydrogens is 284 g/mol. The summed E-state index contributed by atoms with van der Waals surface area (Å²) in [6.45, 7) is 10.3. The molecule has 1 N–H and O–H groups in total. The first-order chi connectivity index (χ1) is 11.1. The topological polar surface area (TPSA) is 41.1 Å². The van der Waals surface area contributed by atoms with E-state index in [2.05, 4.69) is 60.2 Å². The van der Waals surface area contributed by atoms with E-state index in [1.54, 1.807) is 0 Å². The van der Waals surface area contributed by atoms with Gasteiger partial charge in [0.15, 0.2) is 0 Å². The Morgan fingerprint density at radius 2 is 1.87 bits per heavy atom. The van der Waals surface area contributed by atoms with Gasteiger partial charge in [0.2, 0.25) is 5.95 Å². The van der Waals surface area contributed by atoms with Crippen LogP contribution in [-0.4, -0.2) is 23.1 Å². The largest absolute Gasteiger partial charge is 0.370 e. The SMILES string of the molecule is CCCCCNc1cc(C)nc(N(CC)c2cccc(C)c2)n1. The molecule has 0 aliphatic carbocycles. The van der Waals surface area contributed by atoms with Crippen LogP contribution in [0.15, 0.2) is 30.3 Å². The zero-order chi connectivity index (χ0) is 16.7. The van der Waals surface area contributed by atoms with Gasteiger partial charge in [-0.2, -0.15) is 4.98 Å². The summed E-state index contributed by atoms with van der Waals surface area (Å²) in [4.78, 5) is 11.5. The molecule has 0 fully saturated rings. The molecule has 0 amide bonds. The van der Waals surface area contributed by atoms with Gasteiger partial charge in [-0.15, -0.1) is 0 Å². The number of benzene rings is 1. The summed E-state index contributed by atoms with van der Waals surface area (Å²) in [5.41, 5.74) is 3.36. The Bertz CT molecular complexity index is 625. The van der Waals surface area contributed by atoms with Crippen molar-refractivity contribution in [3.05, 3.63) is 41.6 Å². The lowest BCUT2D eigenvalue weighted by atomic mass is 10.2. The first-order valence-electron chi connectivity index (χ1n) is 8.57. The van der Waals surface area contributed by atoms with E-state index >= 15 is 0 Å². The van der Waals surface area contributed by atoms with Crippen LogP contribution >= 0.6 is 0 Å². The minimum Gasteiger partial charge on any atom is -0.370 e. The molecule has 2 aromatic rings. The lowest BCUT2D eigenvalue weighted by molar-refractivity contribution is 0.742. The predicted octanol–water partition coefficient (Wildman–Crippen LogP) is 4.85.